The van der Waals surface area contributed by atoms with Gasteiger partial charge in [0.1, 0.15) is 0 Å². The van der Waals surface area contributed by atoms with E-state index in [1.165, 1.54) is 6.08 Å². The molecule has 0 amide bonds. The molecule has 0 saturated carbocycles. The molecule has 3 nitrogen and oxygen atoms in total. The fourth-order valence-electron chi connectivity index (χ4n) is 0.190. The molecule has 0 aromatic rings. The Morgan fingerprint density at radius 2 is 2.25 bits per heavy atom. The molecule has 0 bridgehead atoms. The molecule has 0 unspecified atom stereocenters. The summed E-state index contributed by atoms with van der Waals surface area (Å²) >= 11 is 0. The van der Waals surface area contributed by atoms with Crippen molar-refractivity contribution in [3.8, 4) is 0 Å². The van der Waals surface area contributed by atoms with Gasteiger partial charge in [-0.2, -0.15) is 5.10 Å². The Bertz CT molecular complexity index is 122. The Hall–Kier alpha value is -0.950. The van der Waals surface area contributed by atoms with Crippen LogP contribution in [0.5, 0.6) is 0 Å². The van der Waals surface area contributed by atoms with Crippen LogP contribution in [0.3, 0.4) is 0 Å². The maximum atomic E-state index is 9.38. The van der Waals surface area contributed by atoms with Crippen molar-refractivity contribution in [1.29, 1.82) is 0 Å². The lowest BCUT2D eigenvalue weighted by Crippen LogP contribution is -1.84. The molecule has 0 fully saturated rings. The molecule has 0 aliphatic carbocycles. The average molecular weight is 112 g/mol. The van der Waals surface area contributed by atoms with Crippen LogP contribution in [-0.4, -0.2) is 12.3 Å². The van der Waals surface area contributed by atoms with E-state index in [1.54, 1.807) is 6.21 Å². The Balaban J connectivity index is 3.49. The summed E-state index contributed by atoms with van der Waals surface area (Å²) in [5.74, 6) is 0.340. The largest absolute Gasteiger partial charge is 0.260 e. The van der Waals surface area contributed by atoms with Crippen molar-refractivity contribution in [2.24, 2.45) is 16.1 Å². The Labute approximate surface area is 48.1 Å². The fourth-order valence-corrected chi connectivity index (χ4v) is 0.190. The molecule has 3 heteroatoms. The molecular formula is C5H8N2O. The highest BCUT2D eigenvalue weighted by Crippen LogP contribution is 1.83. The minimum Gasteiger partial charge on any atom is -0.209 e. The number of rotatable bonds is 2. The molecule has 0 N–H and O–H groups in total. The molecule has 0 atom stereocenters. The predicted molar refractivity (Wildman–Crippen MR) is 31.5 cm³/mol. The third kappa shape index (κ3) is 5.05. The topological polar surface area (TPSA) is 41.8 Å². The maximum absolute atomic E-state index is 9.38. The third-order valence-electron chi connectivity index (χ3n) is 0.463. The summed E-state index contributed by atoms with van der Waals surface area (Å²) in [5, 5.41) is 6.34. The van der Waals surface area contributed by atoms with Crippen LogP contribution >= 0.6 is 0 Å². The molecule has 0 spiro atoms. The highest BCUT2D eigenvalue weighted by molar-refractivity contribution is 5.59. The van der Waals surface area contributed by atoms with Gasteiger partial charge in [0, 0.05) is 6.21 Å². The van der Waals surface area contributed by atoms with Crippen molar-refractivity contribution < 1.29 is 4.79 Å². The second-order valence-electron chi connectivity index (χ2n) is 1.70. The Kier molecular flexibility index (Phi) is 3.71. The van der Waals surface area contributed by atoms with Gasteiger partial charge in [-0.15, -0.1) is 0 Å². The summed E-state index contributed by atoms with van der Waals surface area (Å²) < 4.78 is 0. The summed E-state index contributed by atoms with van der Waals surface area (Å²) in [4.78, 5) is 9.38. The number of nitrogens with zero attached hydrogens (tertiary/aromatic N) is 2. The molecule has 0 saturated heterocycles. The van der Waals surface area contributed by atoms with Crippen LogP contribution in [-0.2, 0) is 4.79 Å². The quantitative estimate of drug-likeness (QED) is 0.298. The molecule has 44 valence electrons. The van der Waals surface area contributed by atoms with E-state index >= 15 is 0 Å². The lowest BCUT2D eigenvalue weighted by Gasteiger charge is -1.85. The van der Waals surface area contributed by atoms with Gasteiger partial charge in [0.15, 0.2) is 0 Å². The zero-order chi connectivity index (χ0) is 6.41. The average Bonchev–Trinajstić information content (AvgIpc) is 1.66. The molecule has 0 aromatic heterocycles. The fraction of sp³-hybridized carbons (Fsp3) is 0.600. The summed E-state index contributed by atoms with van der Waals surface area (Å²) in [6.45, 7) is 3.90. The third-order valence-corrected chi connectivity index (χ3v) is 0.463. The van der Waals surface area contributed by atoms with Gasteiger partial charge in [0.25, 0.3) is 6.08 Å². The van der Waals surface area contributed by atoms with Crippen LogP contribution in [0, 0.1) is 5.92 Å². The first-order chi connectivity index (χ1) is 3.77. The van der Waals surface area contributed by atoms with E-state index in [0.717, 1.165) is 0 Å². The van der Waals surface area contributed by atoms with Gasteiger partial charge in [-0.25, -0.2) is 4.79 Å². The van der Waals surface area contributed by atoms with Gasteiger partial charge in [-0.05, 0) is 5.92 Å². The summed E-state index contributed by atoms with van der Waals surface area (Å²) in [5.41, 5.74) is 0. The van der Waals surface area contributed by atoms with Crippen LogP contribution in [0.25, 0.3) is 0 Å². The summed E-state index contributed by atoms with van der Waals surface area (Å²) in [6.07, 6.45) is 2.87. The number of carbonyl (C=O) groups excluding carboxylic acids is 1. The van der Waals surface area contributed by atoms with E-state index in [0.29, 0.717) is 5.92 Å². The molecule has 0 rings (SSSR count). The zero-order valence-corrected chi connectivity index (χ0v) is 4.96. The molecule has 0 radical (unpaired) electrons. The first kappa shape index (κ1) is 7.05. The van der Waals surface area contributed by atoms with Crippen molar-refractivity contribution >= 4 is 12.3 Å². The second-order valence-corrected chi connectivity index (χ2v) is 1.70. The smallest absolute Gasteiger partial charge is 0.209 e. The van der Waals surface area contributed by atoms with Gasteiger partial charge in [0.05, 0.1) is 0 Å². The van der Waals surface area contributed by atoms with Crippen molar-refractivity contribution in [1.82, 2.24) is 0 Å². The van der Waals surface area contributed by atoms with Crippen LogP contribution in [0.15, 0.2) is 10.2 Å². The Morgan fingerprint density at radius 1 is 1.62 bits per heavy atom. The van der Waals surface area contributed by atoms with Crippen molar-refractivity contribution in [2.75, 3.05) is 0 Å². The number of hydrogen-bond acceptors (Lipinski definition) is 3. The summed E-state index contributed by atoms with van der Waals surface area (Å²) in [6, 6.07) is 0. The van der Waals surface area contributed by atoms with E-state index in [-0.39, 0.29) is 0 Å². The lowest BCUT2D eigenvalue weighted by atomic mass is 10.3. The highest BCUT2D eigenvalue weighted by Gasteiger charge is 1.80. The summed E-state index contributed by atoms with van der Waals surface area (Å²) in [7, 11) is 0. The number of hydrogen-bond donors (Lipinski definition) is 0. The molecule has 8 heavy (non-hydrogen) atoms. The van der Waals surface area contributed by atoms with Crippen LogP contribution in [0.4, 0.5) is 0 Å². The van der Waals surface area contributed by atoms with Gasteiger partial charge < -0.3 is 0 Å². The van der Waals surface area contributed by atoms with Gasteiger partial charge in [-0.1, -0.05) is 18.9 Å². The monoisotopic (exact) mass is 112 g/mol. The molecule has 0 aromatic carbocycles. The minimum absolute atomic E-state index is 0.340. The van der Waals surface area contributed by atoms with Gasteiger partial charge in [-0.3, -0.25) is 0 Å². The Morgan fingerprint density at radius 3 is 2.62 bits per heavy atom. The standard InChI is InChI=1S/C5H8N2O/c1-5(2)3-6-7-4-8/h3,5H,1-2H3/b6-3+. The maximum Gasteiger partial charge on any atom is 0.260 e. The van der Waals surface area contributed by atoms with E-state index < -0.39 is 0 Å². The minimum atomic E-state index is 0.340. The zero-order valence-electron chi connectivity index (χ0n) is 4.96. The normalized spacial score (nSPS) is 9.88. The highest BCUT2D eigenvalue weighted by atomic mass is 16.1. The van der Waals surface area contributed by atoms with E-state index in [2.05, 4.69) is 10.2 Å². The second kappa shape index (κ2) is 4.22. The molecule has 0 heterocycles. The van der Waals surface area contributed by atoms with E-state index in [4.69, 9.17) is 0 Å². The van der Waals surface area contributed by atoms with Gasteiger partial charge in [0.2, 0.25) is 0 Å². The van der Waals surface area contributed by atoms with Crippen molar-refractivity contribution in [2.45, 2.75) is 13.8 Å². The predicted octanol–water partition coefficient (Wildman–Crippen LogP) is 0.964. The number of isocyanates is 1. The van der Waals surface area contributed by atoms with Crippen LogP contribution < -0.4 is 0 Å². The van der Waals surface area contributed by atoms with E-state index in [1.807, 2.05) is 13.8 Å². The van der Waals surface area contributed by atoms with E-state index in [9.17, 15) is 4.79 Å². The van der Waals surface area contributed by atoms with Crippen LogP contribution in [0.2, 0.25) is 0 Å². The van der Waals surface area contributed by atoms with Crippen LogP contribution in [0.1, 0.15) is 13.8 Å². The van der Waals surface area contributed by atoms with Crippen molar-refractivity contribution in [3.63, 3.8) is 0 Å². The molecule has 0 aliphatic heterocycles. The lowest BCUT2D eigenvalue weighted by molar-refractivity contribution is 0.563. The van der Waals surface area contributed by atoms with Crippen molar-refractivity contribution in [3.05, 3.63) is 0 Å². The first-order valence-electron chi connectivity index (χ1n) is 2.37. The molecule has 0 aliphatic rings. The SMILES string of the molecule is CC(C)/C=N/N=C=O. The van der Waals surface area contributed by atoms with Gasteiger partial charge >= 0.3 is 0 Å². The molecular weight excluding hydrogens is 104 g/mol. The first-order valence-corrected chi connectivity index (χ1v) is 2.37.